The smallest absolute Gasteiger partial charge is 0.260 e. The molecule has 114 valence electrons. The summed E-state index contributed by atoms with van der Waals surface area (Å²) in [5.74, 6) is 0.710. The molecule has 0 radical (unpaired) electrons. The van der Waals surface area contributed by atoms with E-state index in [-0.39, 0.29) is 11.1 Å². The second-order valence-corrected chi connectivity index (χ2v) is 8.43. The van der Waals surface area contributed by atoms with Crippen molar-refractivity contribution in [3.05, 3.63) is 12.0 Å². The second-order valence-electron chi connectivity index (χ2n) is 6.46. The van der Waals surface area contributed by atoms with Crippen molar-refractivity contribution in [1.29, 1.82) is 0 Å². The number of aryl methyl sites for hydroxylation is 1. The van der Waals surface area contributed by atoms with E-state index in [0.29, 0.717) is 17.7 Å². The third-order valence-electron chi connectivity index (χ3n) is 4.42. The number of nitrogens with one attached hydrogen (secondary N) is 1. The van der Waals surface area contributed by atoms with Crippen molar-refractivity contribution in [2.45, 2.75) is 63.9 Å². The van der Waals surface area contributed by atoms with Crippen molar-refractivity contribution < 1.29 is 8.42 Å². The Morgan fingerprint density at radius 1 is 1.40 bits per heavy atom. The highest BCUT2D eigenvalue weighted by atomic mass is 32.2. The first-order valence-corrected chi connectivity index (χ1v) is 8.72. The Morgan fingerprint density at radius 2 is 2.00 bits per heavy atom. The van der Waals surface area contributed by atoms with E-state index in [1.165, 1.54) is 10.5 Å². The van der Waals surface area contributed by atoms with E-state index < -0.39 is 10.0 Å². The molecule has 0 saturated heterocycles. The van der Waals surface area contributed by atoms with Gasteiger partial charge in [-0.05, 0) is 31.1 Å². The minimum absolute atomic E-state index is 0.0985. The third-order valence-corrected chi connectivity index (χ3v) is 6.24. The Kier molecular flexibility index (Phi) is 4.25. The fourth-order valence-corrected chi connectivity index (χ4v) is 4.10. The van der Waals surface area contributed by atoms with Crippen LogP contribution in [-0.4, -0.2) is 35.8 Å². The second kappa shape index (κ2) is 5.48. The zero-order valence-corrected chi connectivity index (χ0v) is 13.6. The summed E-state index contributed by atoms with van der Waals surface area (Å²) in [5, 5.41) is 0.210. The van der Waals surface area contributed by atoms with Crippen LogP contribution in [0.15, 0.2) is 11.2 Å². The Balaban J connectivity index is 2.13. The summed E-state index contributed by atoms with van der Waals surface area (Å²) < 4.78 is 26.7. The molecule has 1 aromatic rings. The Hall–Kier alpha value is -0.880. The number of aromatic amines is 1. The van der Waals surface area contributed by atoms with Crippen LogP contribution in [0.25, 0.3) is 0 Å². The zero-order valence-electron chi connectivity index (χ0n) is 12.8. The van der Waals surface area contributed by atoms with Gasteiger partial charge in [0, 0.05) is 19.5 Å². The Bertz CT molecular complexity index is 553. The fourth-order valence-electron chi connectivity index (χ4n) is 2.75. The lowest BCUT2D eigenvalue weighted by atomic mass is 9.76. The molecule has 6 heteroatoms. The van der Waals surface area contributed by atoms with Crippen LogP contribution in [0.5, 0.6) is 0 Å². The van der Waals surface area contributed by atoms with E-state index in [1.54, 1.807) is 7.05 Å². The summed E-state index contributed by atoms with van der Waals surface area (Å²) in [6, 6.07) is 0.0985. The topological polar surface area (TPSA) is 66.1 Å². The lowest BCUT2D eigenvalue weighted by Crippen LogP contribution is -2.40. The minimum Gasteiger partial charge on any atom is -0.332 e. The van der Waals surface area contributed by atoms with E-state index in [9.17, 15) is 8.42 Å². The number of hydrogen-bond acceptors (Lipinski definition) is 3. The molecule has 20 heavy (non-hydrogen) atoms. The van der Waals surface area contributed by atoms with Gasteiger partial charge in [-0.25, -0.2) is 13.4 Å². The molecule has 1 aliphatic carbocycles. The number of hydrogen-bond donors (Lipinski definition) is 1. The van der Waals surface area contributed by atoms with Gasteiger partial charge in [0.15, 0.2) is 5.03 Å². The number of rotatable bonds is 4. The molecule has 0 spiro atoms. The molecule has 1 aliphatic rings. The first kappa shape index (κ1) is 15.5. The fraction of sp³-hybridized carbons (Fsp3) is 0.786. The van der Waals surface area contributed by atoms with Crippen LogP contribution in [-0.2, 0) is 16.4 Å². The van der Waals surface area contributed by atoms with Crippen molar-refractivity contribution in [3.8, 4) is 0 Å². The molecule has 1 fully saturated rings. The minimum atomic E-state index is -3.45. The summed E-state index contributed by atoms with van der Waals surface area (Å²) >= 11 is 0. The van der Waals surface area contributed by atoms with Crippen LogP contribution in [0.1, 0.15) is 52.3 Å². The molecule has 0 aromatic carbocycles. The normalized spacial score (nSPS) is 20.4. The van der Waals surface area contributed by atoms with Crippen LogP contribution < -0.4 is 0 Å². The van der Waals surface area contributed by atoms with Gasteiger partial charge in [-0.15, -0.1) is 0 Å². The van der Waals surface area contributed by atoms with E-state index in [2.05, 4.69) is 23.8 Å². The summed E-state index contributed by atoms with van der Waals surface area (Å²) in [4.78, 5) is 6.99. The predicted molar refractivity (Wildman–Crippen MR) is 79.0 cm³/mol. The maximum absolute atomic E-state index is 12.6. The van der Waals surface area contributed by atoms with Gasteiger partial charge in [-0.3, -0.25) is 0 Å². The monoisotopic (exact) mass is 299 g/mol. The molecular formula is C14H25N3O2S. The van der Waals surface area contributed by atoms with Gasteiger partial charge in [0.25, 0.3) is 10.0 Å². The highest BCUT2D eigenvalue weighted by Gasteiger charge is 2.34. The average molecular weight is 299 g/mol. The predicted octanol–water partition coefficient (Wildman–Crippen LogP) is 2.56. The summed E-state index contributed by atoms with van der Waals surface area (Å²) in [6.07, 6.45) is 6.13. The van der Waals surface area contributed by atoms with Crippen LogP contribution in [0.3, 0.4) is 0 Å². The van der Waals surface area contributed by atoms with E-state index >= 15 is 0 Å². The number of aromatic nitrogens is 2. The zero-order chi connectivity index (χ0) is 15.0. The van der Waals surface area contributed by atoms with Gasteiger partial charge in [0.1, 0.15) is 5.82 Å². The molecule has 0 unspecified atom stereocenters. The van der Waals surface area contributed by atoms with Crippen LogP contribution in [0.4, 0.5) is 0 Å². The number of imidazole rings is 1. The van der Waals surface area contributed by atoms with Crippen molar-refractivity contribution in [2.24, 2.45) is 5.41 Å². The van der Waals surface area contributed by atoms with Gasteiger partial charge < -0.3 is 4.98 Å². The summed E-state index contributed by atoms with van der Waals surface area (Å²) in [7, 11) is -1.76. The first-order valence-electron chi connectivity index (χ1n) is 7.28. The number of H-pyrrole nitrogens is 1. The van der Waals surface area contributed by atoms with Gasteiger partial charge in [0.2, 0.25) is 0 Å². The Morgan fingerprint density at radius 3 is 2.50 bits per heavy atom. The molecule has 1 aromatic heterocycles. The Labute approximate surface area is 121 Å². The molecule has 5 nitrogen and oxygen atoms in total. The van der Waals surface area contributed by atoms with E-state index in [0.717, 1.165) is 25.7 Å². The SMILES string of the molecule is CCc1ncc(S(=O)(=O)N(C)C2CCC(C)(C)CC2)[nH]1. The summed E-state index contributed by atoms with van der Waals surface area (Å²) in [6.45, 7) is 6.45. The van der Waals surface area contributed by atoms with Crippen LogP contribution >= 0.6 is 0 Å². The average Bonchev–Trinajstić information content (AvgIpc) is 2.87. The lowest BCUT2D eigenvalue weighted by Gasteiger charge is -2.37. The quantitative estimate of drug-likeness (QED) is 0.929. The maximum Gasteiger partial charge on any atom is 0.260 e. The van der Waals surface area contributed by atoms with Gasteiger partial charge in [0.05, 0.1) is 6.20 Å². The molecule has 1 heterocycles. The number of sulfonamides is 1. The molecule has 1 saturated carbocycles. The highest BCUT2D eigenvalue weighted by molar-refractivity contribution is 7.89. The molecule has 0 amide bonds. The molecule has 0 atom stereocenters. The molecule has 0 aliphatic heterocycles. The first-order chi connectivity index (χ1) is 9.26. The van der Waals surface area contributed by atoms with Gasteiger partial charge >= 0.3 is 0 Å². The molecular weight excluding hydrogens is 274 g/mol. The van der Waals surface area contributed by atoms with Gasteiger partial charge in [-0.1, -0.05) is 20.8 Å². The molecule has 1 N–H and O–H groups in total. The van der Waals surface area contributed by atoms with Crippen LogP contribution in [0.2, 0.25) is 0 Å². The third kappa shape index (κ3) is 3.06. The molecule has 2 rings (SSSR count). The number of nitrogens with zero attached hydrogens (tertiary/aromatic N) is 2. The largest absolute Gasteiger partial charge is 0.332 e. The lowest BCUT2D eigenvalue weighted by molar-refractivity contribution is 0.174. The molecule has 0 bridgehead atoms. The van der Waals surface area contributed by atoms with Crippen molar-refractivity contribution in [2.75, 3.05) is 7.05 Å². The highest BCUT2D eigenvalue weighted by Crippen LogP contribution is 2.37. The van der Waals surface area contributed by atoms with E-state index in [4.69, 9.17) is 0 Å². The maximum atomic E-state index is 12.6. The van der Waals surface area contributed by atoms with Gasteiger partial charge in [-0.2, -0.15) is 4.31 Å². The standard InChI is InChI=1S/C14H25N3O2S/c1-5-12-15-10-13(16-12)20(18,19)17(4)11-6-8-14(2,3)9-7-11/h10-11H,5-9H2,1-4H3,(H,15,16). The van der Waals surface area contributed by atoms with Crippen molar-refractivity contribution in [1.82, 2.24) is 14.3 Å². The summed E-state index contributed by atoms with van der Waals surface area (Å²) in [5.41, 5.74) is 0.338. The van der Waals surface area contributed by atoms with Crippen molar-refractivity contribution >= 4 is 10.0 Å². The van der Waals surface area contributed by atoms with Crippen molar-refractivity contribution in [3.63, 3.8) is 0 Å². The van der Waals surface area contributed by atoms with Crippen LogP contribution in [0, 0.1) is 5.41 Å². The van der Waals surface area contributed by atoms with E-state index in [1.807, 2.05) is 6.92 Å².